The summed E-state index contributed by atoms with van der Waals surface area (Å²) in [6, 6.07) is 11.4. The van der Waals surface area contributed by atoms with Gasteiger partial charge in [0.15, 0.2) is 18.2 Å². The number of ether oxygens (including phenoxy) is 2. The quantitative estimate of drug-likeness (QED) is 0.677. The highest BCUT2D eigenvalue weighted by atomic mass is 79.9. The maximum absolute atomic E-state index is 13.4. The molecule has 0 saturated carbocycles. The molecule has 0 atom stereocenters. The Labute approximate surface area is 164 Å². The lowest BCUT2D eigenvalue weighted by Gasteiger charge is -2.29. The highest BCUT2D eigenvalue weighted by Crippen LogP contribution is 2.34. The summed E-state index contributed by atoms with van der Waals surface area (Å²) in [6.07, 6.45) is 0.515. The summed E-state index contributed by atoms with van der Waals surface area (Å²) in [4.78, 5) is 25.7. The van der Waals surface area contributed by atoms with E-state index in [0.717, 1.165) is 4.47 Å². The Morgan fingerprint density at radius 2 is 2.11 bits per heavy atom. The Morgan fingerprint density at radius 3 is 2.93 bits per heavy atom. The first-order valence-electron chi connectivity index (χ1n) is 8.41. The van der Waals surface area contributed by atoms with Gasteiger partial charge in [-0.2, -0.15) is 0 Å². The van der Waals surface area contributed by atoms with Gasteiger partial charge in [-0.25, -0.2) is 4.39 Å². The third kappa shape index (κ3) is 4.97. The first-order valence-corrected chi connectivity index (χ1v) is 9.20. The van der Waals surface area contributed by atoms with E-state index in [2.05, 4.69) is 21.2 Å². The number of rotatable bonds is 7. The van der Waals surface area contributed by atoms with E-state index in [0.29, 0.717) is 24.4 Å². The van der Waals surface area contributed by atoms with E-state index in [1.165, 1.54) is 11.0 Å². The molecule has 142 valence electrons. The molecule has 1 heterocycles. The summed E-state index contributed by atoms with van der Waals surface area (Å²) in [7, 11) is 0. The third-order valence-corrected chi connectivity index (χ3v) is 4.40. The van der Waals surface area contributed by atoms with Gasteiger partial charge in [0.05, 0.1) is 12.3 Å². The molecule has 6 nitrogen and oxygen atoms in total. The number of nitrogens with zero attached hydrogens (tertiary/aromatic N) is 1. The minimum atomic E-state index is -0.419. The molecule has 1 N–H and O–H groups in total. The number of nitrogens with one attached hydrogen (secondary N) is 1. The molecule has 1 aliphatic heterocycles. The lowest BCUT2D eigenvalue weighted by Crippen LogP contribution is -2.45. The second-order valence-electron chi connectivity index (χ2n) is 5.86. The summed E-state index contributed by atoms with van der Waals surface area (Å²) in [5.41, 5.74) is 0.562. The van der Waals surface area contributed by atoms with Gasteiger partial charge in [-0.05, 0) is 36.8 Å². The summed E-state index contributed by atoms with van der Waals surface area (Å²) < 4.78 is 25.0. The lowest BCUT2D eigenvalue weighted by molar-refractivity contribution is -0.125. The summed E-state index contributed by atoms with van der Waals surface area (Å²) in [6.45, 7) is 0.436. The molecule has 0 aliphatic carbocycles. The van der Waals surface area contributed by atoms with Gasteiger partial charge in [-0.1, -0.05) is 28.1 Å². The van der Waals surface area contributed by atoms with E-state index in [-0.39, 0.29) is 37.3 Å². The highest BCUT2D eigenvalue weighted by molar-refractivity contribution is 9.10. The van der Waals surface area contributed by atoms with Gasteiger partial charge in [0.25, 0.3) is 5.91 Å². The van der Waals surface area contributed by atoms with Crippen molar-refractivity contribution in [3.05, 3.63) is 52.8 Å². The van der Waals surface area contributed by atoms with E-state index in [9.17, 15) is 14.0 Å². The summed E-state index contributed by atoms with van der Waals surface area (Å²) in [5, 5.41) is 2.74. The molecule has 0 aromatic heterocycles. The van der Waals surface area contributed by atoms with Crippen molar-refractivity contribution in [3.63, 3.8) is 0 Å². The predicted molar refractivity (Wildman–Crippen MR) is 102 cm³/mol. The Balaban J connectivity index is 1.46. The van der Waals surface area contributed by atoms with Crippen LogP contribution in [0, 0.1) is 5.82 Å². The molecule has 0 unspecified atom stereocenters. The molecule has 0 bridgehead atoms. The number of amides is 2. The standard InChI is InChI=1S/C19H18BrFN2O4/c20-13-6-7-15-17(10-13)27-12-19(25)23(15)11-18(24)22-8-3-9-26-16-5-2-1-4-14(16)21/h1-2,4-7,10H,3,8-9,11-12H2,(H,22,24). The number of hydrogen-bond donors (Lipinski definition) is 1. The number of benzene rings is 2. The van der Waals surface area contributed by atoms with Crippen LogP contribution in [0.2, 0.25) is 0 Å². The van der Waals surface area contributed by atoms with E-state index in [1.54, 1.807) is 36.4 Å². The first kappa shape index (κ1) is 19.2. The second kappa shape index (κ2) is 8.85. The maximum Gasteiger partial charge on any atom is 0.265 e. The van der Waals surface area contributed by atoms with Crippen LogP contribution in [0.4, 0.5) is 10.1 Å². The molecule has 2 aromatic rings. The Morgan fingerprint density at radius 1 is 1.30 bits per heavy atom. The fraction of sp³-hybridized carbons (Fsp3) is 0.263. The SMILES string of the molecule is O=C(CN1C(=O)COc2cc(Br)ccc21)NCCCOc1ccccc1F. The van der Waals surface area contributed by atoms with Crippen molar-refractivity contribution < 1.29 is 23.5 Å². The minimum absolute atomic E-state index is 0.0923. The van der Waals surface area contributed by atoms with Gasteiger partial charge in [-0.15, -0.1) is 0 Å². The molecule has 27 heavy (non-hydrogen) atoms. The number of carbonyl (C=O) groups is 2. The van der Waals surface area contributed by atoms with Crippen LogP contribution in [0.25, 0.3) is 0 Å². The van der Waals surface area contributed by atoms with Crippen LogP contribution in [-0.4, -0.2) is 38.1 Å². The molecule has 0 saturated heterocycles. The number of anilines is 1. The van der Waals surface area contributed by atoms with Crippen molar-refractivity contribution in [2.45, 2.75) is 6.42 Å². The fourth-order valence-electron chi connectivity index (χ4n) is 2.60. The minimum Gasteiger partial charge on any atom is -0.490 e. The monoisotopic (exact) mass is 436 g/mol. The molecule has 8 heteroatoms. The zero-order valence-electron chi connectivity index (χ0n) is 14.4. The topological polar surface area (TPSA) is 67.9 Å². The van der Waals surface area contributed by atoms with E-state index >= 15 is 0 Å². The molecule has 2 aromatic carbocycles. The fourth-order valence-corrected chi connectivity index (χ4v) is 2.94. The molecule has 0 spiro atoms. The van der Waals surface area contributed by atoms with Crippen molar-refractivity contribution in [1.82, 2.24) is 5.32 Å². The largest absolute Gasteiger partial charge is 0.490 e. The molecular weight excluding hydrogens is 419 g/mol. The van der Waals surface area contributed by atoms with Crippen LogP contribution in [0.1, 0.15) is 6.42 Å². The molecule has 2 amide bonds. The first-order chi connectivity index (χ1) is 13.0. The van der Waals surface area contributed by atoms with Crippen molar-refractivity contribution >= 4 is 33.4 Å². The summed E-state index contributed by atoms with van der Waals surface area (Å²) >= 11 is 3.35. The number of para-hydroxylation sites is 1. The molecule has 3 rings (SSSR count). The van der Waals surface area contributed by atoms with Crippen LogP contribution < -0.4 is 19.7 Å². The average molecular weight is 437 g/mol. The van der Waals surface area contributed by atoms with Crippen molar-refractivity contribution in [2.75, 3.05) is 31.2 Å². The predicted octanol–water partition coefficient (Wildman–Crippen LogP) is 2.90. The van der Waals surface area contributed by atoms with Gasteiger partial charge in [0.2, 0.25) is 5.91 Å². The average Bonchev–Trinajstić information content (AvgIpc) is 2.65. The molecule has 1 aliphatic rings. The lowest BCUT2D eigenvalue weighted by atomic mass is 10.2. The van der Waals surface area contributed by atoms with Gasteiger partial charge in [-0.3, -0.25) is 14.5 Å². The number of hydrogen-bond acceptors (Lipinski definition) is 4. The zero-order valence-corrected chi connectivity index (χ0v) is 16.0. The number of carbonyl (C=O) groups excluding carboxylic acids is 2. The van der Waals surface area contributed by atoms with Gasteiger partial charge in [0, 0.05) is 11.0 Å². The zero-order chi connectivity index (χ0) is 19.2. The van der Waals surface area contributed by atoms with Crippen LogP contribution in [0.3, 0.4) is 0 Å². The third-order valence-electron chi connectivity index (χ3n) is 3.90. The maximum atomic E-state index is 13.4. The molecule has 0 fully saturated rings. The number of fused-ring (bicyclic) bond motifs is 1. The summed E-state index contributed by atoms with van der Waals surface area (Å²) in [5.74, 6) is -0.244. The Bertz CT molecular complexity index is 846. The van der Waals surface area contributed by atoms with Crippen LogP contribution in [0.5, 0.6) is 11.5 Å². The van der Waals surface area contributed by atoms with Crippen LogP contribution >= 0.6 is 15.9 Å². The van der Waals surface area contributed by atoms with Crippen molar-refractivity contribution in [3.8, 4) is 11.5 Å². The van der Waals surface area contributed by atoms with Crippen LogP contribution in [0.15, 0.2) is 46.9 Å². The van der Waals surface area contributed by atoms with Crippen molar-refractivity contribution in [2.24, 2.45) is 0 Å². The molecular formula is C19H18BrFN2O4. The van der Waals surface area contributed by atoms with E-state index in [1.807, 2.05) is 0 Å². The van der Waals surface area contributed by atoms with Gasteiger partial charge >= 0.3 is 0 Å². The van der Waals surface area contributed by atoms with E-state index in [4.69, 9.17) is 9.47 Å². The number of halogens is 2. The van der Waals surface area contributed by atoms with Crippen LogP contribution in [-0.2, 0) is 9.59 Å². The van der Waals surface area contributed by atoms with Gasteiger partial charge in [0.1, 0.15) is 12.3 Å². The highest BCUT2D eigenvalue weighted by Gasteiger charge is 2.27. The Hall–Kier alpha value is -2.61. The second-order valence-corrected chi connectivity index (χ2v) is 6.78. The molecule has 0 radical (unpaired) electrons. The Kier molecular flexibility index (Phi) is 6.28. The van der Waals surface area contributed by atoms with E-state index < -0.39 is 5.82 Å². The van der Waals surface area contributed by atoms with Crippen molar-refractivity contribution in [1.29, 1.82) is 0 Å². The smallest absolute Gasteiger partial charge is 0.265 e. The van der Waals surface area contributed by atoms with Gasteiger partial charge < -0.3 is 14.8 Å². The normalized spacial score (nSPS) is 13.0.